The van der Waals surface area contributed by atoms with Crippen LogP contribution in [0.1, 0.15) is 12.5 Å². The number of carbonyl (C=O) groups is 1. The molecule has 0 spiro atoms. The predicted molar refractivity (Wildman–Crippen MR) is 82.3 cm³/mol. The van der Waals surface area contributed by atoms with Crippen molar-refractivity contribution in [2.45, 2.75) is 6.92 Å². The minimum atomic E-state index is -0.187. The highest BCUT2D eigenvalue weighted by Crippen LogP contribution is 2.37. The quantitative estimate of drug-likeness (QED) is 0.649. The molecular weight excluding hydrogens is 292 g/mol. The number of rotatable bonds is 4. The van der Waals surface area contributed by atoms with Crippen molar-refractivity contribution < 1.29 is 19.4 Å². The third kappa shape index (κ3) is 2.78. The minimum Gasteiger partial charge on any atom is -0.502 e. The number of nitrogens with zero attached hydrogens (tertiary/aromatic N) is 1. The Morgan fingerprint density at radius 1 is 1.33 bits per heavy atom. The largest absolute Gasteiger partial charge is 0.502 e. The SMILES string of the molecule is CCN1C(=O)C(=Cc2cc(OC)c(O)c(OC)c2)NC1=S. The van der Waals surface area contributed by atoms with E-state index in [0.29, 0.717) is 22.9 Å². The highest BCUT2D eigenvalue weighted by atomic mass is 32.1. The summed E-state index contributed by atoms with van der Waals surface area (Å²) in [5, 5.41) is 13.1. The van der Waals surface area contributed by atoms with Gasteiger partial charge in [-0.1, -0.05) is 0 Å². The van der Waals surface area contributed by atoms with Crippen molar-refractivity contribution in [3.63, 3.8) is 0 Å². The van der Waals surface area contributed by atoms with Crippen LogP contribution < -0.4 is 14.8 Å². The van der Waals surface area contributed by atoms with Crippen LogP contribution in [0.5, 0.6) is 17.2 Å². The van der Waals surface area contributed by atoms with Gasteiger partial charge in [-0.3, -0.25) is 9.69 Å². The molecule has 2 rings (SSSR count). The number of phenolic OH excluding ortho intramolecular Hbond substituents is 1. The van der Waals surface area contributed by atoms with E-state index in [1.807, 2.05) is 6.92 Å². The molecule has 0 aliphatic carbocycles. The number of thiocarbonyl (C=S) groups is 1. The van der Waals surface area contributed by atoms with Crippen molar-refractivity contribution in [2.24, 2.45) is 0 Å². The predicted octanol–water partition coefficient (Wildman–Crippen LogP) is 1.49. The molecular formula is C14H16N2O4S. The summed E-state index contributed by atoms with van der Waals surface area (Å²) >= 11 is 5.09. The first-order valence-corrected chi connectivity index (χ1v) is 6.72. The van der Waals surface area contributed by atoms with E-state index in [-0.39, 0.29) is 23.2 Å². The van der Waals surface area contributed by atoms with Crippen molar-refractivity contribution in [2.75, 3.05) is 20.8 Å². The molecule has 0 unspecified atom stereocenters. The van der Waals surface area contributed by atoms with Crippen molar-refractivity contribution in [3.05, 3.63) is 23.4 Å². The van der Waals surface area contributed by atoms with Gasteiger partial charge in [-0.25, -0.2) is 0 Å². The summed E-state index contributed by atoms with van der Waals surface area (Å²) in [5.41, 5.74) is 1.02. The van der Waals surface area contributed by atoms with Gasteiger partial charge in [-0.05, 0) is 42.9 Å². The molecule has 6 nitrogen and oxygen atoms in total. The number of benzene rings is 1. The van der Waals surface area contributed by atoms with Gasteiger partial charge in [0.2, 0.25) is 5.75 Å². The number of nitrogens with one attached hydrogen (secondary N) is 1. The summed E-state index contributed by atoms with van der Waals surface area (Å²) < 4.78 is 10.2. The number of carbonyl (C=O) groups excluding carboxylic acids is 1. The Bertz CT molecular complexity index is 602. The van der Waals surface area contributed by atoms with E-state index in [2.05, 4.69) is 5.32 Å². The molecule has 7 heteroatoms. The summed E-state index contributed by atoms with van der Waals surface area (Å²) in [6.07, 6.45) is 1.63. The van der Waals surface area contributed by atoms with Gasteiger partial charge >= 0.3 is 0 Å². The van der Waals surface area contributed by atoms with Gasteiger partial charge in [0.1, 0.15) is 5.70 Å². The van der Waals surface area contributed by atoms with Gasteiger partial charge in [-0.15, -0.1) is 0 Å². The molecule has 0 radical (unpaired) electrons. The molecule has 0 bridgehead atoms. The molecule has 1 aromatic rings. The maximum Gasteiger partial charge on any atom is 0.276 e. The number of hydrogen-bond donors (Lipinski definition) is 2. The fraction of sp³-hybridized carbons (Fsp3) is 0.286. The van der Waals surface area contributed by atoms with Crippen molar-refractivity contribution in [3.8, 4) is 17.2 Å². The molecule has 1 aliphatic rings. The molecule has 0 atom stereocenters. The van der Waals surface area contributed by atoms with Crippen LogP contribution in [0.15, 0.2) is 17.8 Å². The number of hydrogen-bond acceptors (Lipinski definition) is 5. The second kappa shape index (κ2) is 6.01. The standard InChI is InChI=1S/C14H16N2O4S/c1-4-16-13(18)9(15-14(16)21)5-8-6-10(19-2)12(17)11(7-8)20-3/h5-7,17H,4H2,1-3H3,(H,15,21). The van der Waals surface area contributed by atoms with Gasteiger partial charge in [0, 0.05) is 6.54 Å². The first-order valence-electron chi connectivity index (χ1n) is 6.31. The monoisotopic (exact) mass is 308 g/mol. The molecule has 1 saturated heterocycles. The Balaban J connectivity index is 2.42. The van der Waals surface area contributed by atoms with Gasteiger partial charge in [0.25, 0.3) is 5.91 Å². The maximum absolute atomic E-state index is 12.1. The molecule has 2 N–H and O–H groups in total. The van der Waals surface area contributed by atoms with Crippen LogP contribution in [-0.2, 0) is 4.79 Å². The lowest BCUT2D eigenvalue weighted by molar-refractivity contribution is -0.122. The summed E-state index contributed by atoms with van der Waals surface area (Å²) in [6.45, 7) is 2.35. The molecule has 1 fully saturated rings. The normalized spacial score (nSPS) is 16.3. The van der Waals surface area contributed by atoms with Gasteiger partial charge in [0.05, 0.1) is 14.2 Å². The van der Waals surface area contributed by atoms with E-state index < -0.39 is 0 Å². The lowest BCUT2D eigenvalue weighted by atomic mass is 10.1. The smallest absolute Gasteiger partial charge is 0.276 e. The second-order valence-electron chi connectivity index (χ2n) is 4.31. The van der Waals surface area contributed by atoms with E-state index in [0.717, 1.165) is 0 Å². The lowest BCUT2D eigenvalue weighted by Gasteiger charge is -2.10. The molecule has 0 aromatic heterocycles. The van der Waals surface area contributed by atoms with Crippen molar-refractivity contribution in [1.29, 1.82) is 0 Å². The summed E-state index contributed by atoms with van der Waals surface area (Å²) in [4.78, 5) is 13.6. The molecule has 1 aromatic carbocycles. The molecule has 1 amide bonds. The zero-order chi connectivity index (χ0) is 15.6. The van der Waals surface area contributed by atoms with Crippen LogP contribution in [0.3, 0.4) is 0 Å². The zero-order valence-corrected chi connectivity index (χ0v) is 12.8. The molecule has 1 aliphatic heterocycles. The fourth-order valence-electron chi connectivity index (χ4n) is 2.02. The molecule has 1 heterocycles. The van der Waals surface area contributed by atoms with E-state index in [1.165, 1.54) is 19.1 Å². The highest BCUT2D eigenvalue weighted by Gasteiger charge is 2.29. The van der Waals surface area contributed by atoms with Gasteiger partial charge < -0.3 is 19.9 Å². The van der Waals surface area contributed by atoms with Crippen molar-refractivity contribution >= 4 is 29.3 Å². The summed E-state index contributed by atoms with van der Waals surface area (Å²) in [7, 11) is 2.89. The first-order chi connectivity index (χ1) is 10.0. The van der Waals surface area contributed by atoms with Crippen LogP contribution in [0.4, 0.5) is 0 Å². The topological polar surface area (TPSA) is 71.0 Å². The fourth-order valence-corrected chi connectivity index (χ4v) is 2.34. The van der Waals surface area contributed by atoms with Crippen LogP contribution >= 0.6 is 12.2 Å². The average molecular weight is 308 g/mol. The van der Waals surface area contributed by atoms with Crippen LogP contribution in [-0.4, -0.2) is 41.8 Å². The molecule has 112 valence electrons. The Labute approximate surface area is 128 Å². The Morgan fingerprint density at radius 3 is 2.33 bits per heavy atom. The number of amides is 1. The third-order valence-corrected chi connectivity index (χ3v) is 3.41. The number of methoxy groups -OCH3 is 2. The van der Waals surface area contributed by atoms with Crippen LogP contribution in [0.25, 0.3) is 6.08 Å². The lowest BCUT2D eigenvalue weighted by Crippen LogP contribution is -2.30. The Kier molecular flexibility index (Phi) is 4.32. The molecule has 0 saturated carbocycles. The van der Waals surface area contributed by atoms with Gasteiger partial charge in [0.15, 0.2) is 16.6 Å². The van der Waals surface area contributed by atoms with Crippen molar-refractivity contribution in [1.82, 2.24) is 10.2 Å². The van der Waals surface area contributed by atoms with Gasteiger partial charge in [-0.2, -0.15) is 0 Å². The van der Waals surface area contributed by atoms with E-state index in [4.69, 9.17) is 21.7 Å². The van der Waals surface area contributed by atoms with E-state index in [9.17, 15) is 9.90 Å². The molecule has 21 heavy (non-hydrogen) atoms. The summed E-state index contributed by atoms with van der Waals surface area (Å²) in [6, 6.07) is 3.22. The average Bonchev–Trinajstić information content (AvgIpc) is 2.74. The Hall–Kier alpha value is -2.28. The zero-order valence-electron chi connectivity index (χ0n) is 12.0. The van der Waals surface area contributed by atoms with Crippen LogP contribution in [0, 0.1) is 0 Å². The number of phenols is 1. The van der Waals surface area contributed by atoms with Crippen LogP contribution in [0.2, 0.25) is 0 Å². The second-order valence-corrected chi connectivity index (χ2v) is 4.70. The van der Waals surface area contributed by atoms with E-state index in [1.54, 1.807) is 18.2 Å². The minimum absolute atomic E-state index is 0.0847. The van der Waals surface area contributed by atoms with E-state index >= 15 is 0 Å². The number of likely N-dealkylation sites (N-methyl/N-ethyl adjacent to an activating group) is 1. The first kappa shape index (κ1) is 15.1. The number of aromatic hydroxyl groups is 1. The summed E-state index contributed by atoms with van der Waals surface area (Å²) in [5.74, 6) is 0.259. The Morgan fingerprint density at radius 2 is 1.90 bits per heavy atom. The maximum atomic E-state index is 12.1. The third-order valence-electron chi connectivity index (χ3n) is 3.09. The number of ether oxygens (including phenoxy) is 2. The highest BCUT2D eigenvalue weighted by molar-refractivity contribution is 7.80.